The molecule has 2 rings (SSSR count). The number of aryl methyl sites for hydroxylation is 1. The minimum atomic E-state index is -0.359. The van der Waals surface area contributed by atoms with Gasteiger partial charge in [0.05, 0.1) is 6.04 Å². The highest BCUT2D eigenvalue weighted by molar-refractivity contribution is 5.94. The Morgan fingerprint density at radius 2 is 2.24 bits per heavy atom. The Balaban J connectivity index is 2.26. The molecule has 1 heterocycles. The summed E-state index contributed by atoms with van der Waals surface area (Å²) < 4.78 is 0. The van der Waals surface area contributed by atoms with Crippen LogP contribution in [0.3, 0.4) is 0 Å². The van der Waals surface area contributed by atoms with E-state index in [1.807, 2.05) is 25.1 Å². The quantitative estimate of drug-likeness (QED) is 0.812. The summed E-state index contributed by atoms with van der Waals surface area (Å²) in [6.45, 7) is 7.11. The molecule has 0 atom stereocenters. The fourth-order valence-corrected chi connectivity index (χ4v) is 2.25. The van der Waals surface area contributed by atoms with Crippen LogP contribution in [0, 0.1) is 6.92 Å². The van der Waals surface area contributed by atoms with E-state index in [9.17, 15) is 4.79 Å². The highest BCUT2D eigenvalue weighted by atomic mass is 16.1. The Labute approximate surface area is 102 Å². The average molecular weight is 233 g/mol. The van der Waals surface area contributed by atoms with E-state index in [1.54, 1.807) is 0 Å². The molecule has 0 aromatic heterocycles. The van der Waals surface area contributed by atoms with Gasteiger partial charge in [-0.2, -0.15) is 0 Å². The first-order chi connectivity index (χ1) is 8.13. The largest absolute Gasteiger partial charge is 0.366 e. The summed E-state index contributed by atoms with van der Waals surface area (Å²) in [4.78, 5) is 13.5. The number of carbonyl (C=O) groups excluding carboxylic acids is 1. The fourth-order valence-electron chi connectivity index (χ4n) is 2.25. The molecule has 1 aliphatic rings. The third-order valence-electron chi connectivity index (χ3n) is 3.35. The van der Waals surface area contributed by atoms with Crippen molar-refractivity contribution in [3.8, 4) is 0 Å². The van der Waals surface area contributed by atoms with Crippen molar-refractivity contribution in [1.29, 1.82) is 0 Å². The lowest BCUT2D eigenvalue weighted by Crippen LogP contribution is -2.57. The zero-order valence-electron chi connectivity index (χ0n) is 10.4. The summed E-state index contributed by atoms with van der Waals surface area (Å²) in [5.74, 6) is -0.359. The van der Waals surface area contributed by atoms with Gasteiger partial charge in [0.25, 0.3) is 0 Å². The number of nitrogens with one attached hydrogen (secondary N) is 1. The van der Waals surface area contributed by atoms with E-state index in [0.717, 1.165) is 25.2 Å². The van der Waals surface area contributed by atoms with Crippen LogP contribution in [0.4, 0.5) is 5.69 Å². The summed E-state index contributed by atoms with van der Waals surface area (Å²) in [5, 5.41) is 3.27. The predicted molar refractivity (Wildman–Crippen MR) is 69.4 cm³/mol. The van der Waals surface area contributed by atoms with Gasteiger partial charge in [-0.1, -0.05) is 0 Å². The third kappa shape index (κ3) is 2.26. The van der Waals surface area contributed by atoms with Gasteiger partial charge < -0.3 is 16.0 Å². The third-order valence-corrected chi connectivity index (χ3v) is 3.35. The van der Waals surface area contributed by atoms with Crippen molar-refractivity contribution < 1.29 is 4.79 Å². The summed E-state index contributed by atoms with van der Waals surface area (Å²) in [6, 6.07) is 6.41. The first kappa shape index (κ1) is 11.9. The van der Waals surface area contributed by atoms with Crippen molar-refractivity contribution in [2.24, 2.45) is 5.73 Å². The van der Waals surface area contributed by atoms with Gasteiger partial charge in [0, 0.05) is 30.9 Å². The molecule has 1 aromatic rings. The number of likely N-dealkylation sites (N-methyl/N-ethyl adjacent to an activating group) is 1. The second-order valence-electron chi connectivity index (χ2n) is 4.46. The van der Waals surface area contributed by atoms with E-state index in [2.05, 4.69) is 17.1 Å². The lowest BCUT2D eigenvalue weighted by atomic mass is 10.0. The van der Waals surface area contributed by atoms with Crippen molar-refractivity contribution in [1.82, 2.24) is 5.32 Å². The Kier molecular flexibility index (Phi) is 3.33. The van der Waals surface area contributed by atoms with E-state index in [4.69, 9.17) is 5.73 Å². The zero-order valence-corrected chi connectivity index (χ0v) is 10.4. The van der Waals surface area contributed by atoms with Crippen molar-refractivity contribution >= 4 is 11.6 Å². The molecule has 92 valence electrons. The van der Waals surface area contributed by atoms with Crippen LogP contribution < -0.4 is 16.0 Å². The molecular formula is C13H19N3O. The summed E-state index contributed by atoms with van der Waals surface area (Å²) in [5.41, 5.74) is 8.03. The topological polar surface area (TPSA) is 58.4 Å². The van der Waals surface area contributed by atoms with E-state index in [0.29, 0.717) is 11.6 Å². The molecule has 0 saturated carbocycles. The lowest BCUT2D eigenvalue weighted by Gasteiger charge is -2.39. The number of nitrogens with two attached hydrogens (primary N) is 1. The van der Waals surface area contributed by atoms with Crippen molar-refractivity contribution in [2.75, 3.05) is 24.5 Å². The minimum Gasteiger partial charge on any atom is -0.366 e. The molecule has 4 heteroatoms. The van der Waals surface area contributed by atoms with Crippen LogP contribution in [-0.2, 0) is 0 Å². The molecule has 17 heavy (non-hydrogen) atoms. The van der Waals surface area contributed by atoms with Crippen LogP contribution in [0.25, 0.3) is 0 Å². The number of rotatable bonds is 4. The zero-order chi connectivity index (χ0) is 12.4. The Morgan fingerprint density at radius 3 is 2.65 bits per heavy atom. The summed E-state index contributed by atoms with van der Waals surface area (Å²) in [6.07, 6.45) is 0. The van der Waals surface area contributed by atoms with Gasteiger partial charge in [-0.05, 0) is 37.6 Å². The summed E-state index contributed by atoms with van der Waals surface area (Å²) in [7, 11) is 0. The molecule has 0 aliphatic carbocycles. The molecule has 1 aliphatic heterocycles. The van der Waals surface area contributed by atoms with Gasteiger partial charge in [-0.3, -0.25) is 4.79 Å². The number of carbonyl (C=O) groups is 1. The number of hydrogen-bond donors (Lipinski definition) is 2. The van der Waals surface area contributed by atoms with Crippen LogP contribution in [0.1, 0.15) is 22.8 Å². The highest BCUT2D eigenvalue weighted by Gasteiger charge is 2.23. The van der Waals surface area contributed by atoms with Gasteiger partial charge in [-0.25, -0.2) is 0 Å². The van der Waals surface area contributed by atoms with Crippen molar-refractivity contribution in [2.45, 2.75) is 19.9 Å². The van der Waals surface area contributed by atoms with Crippen LogP contribution in [0.15, 0.2) is 18.2 Å². The van der Waals surface area contributed by atoms with Crippen LogP contribution in [0.2, 0.25) is 0 Å². The molecule has 0 unspecified atom stereocenters. The normalized spacial score (nSPS) is 15.4. The van der Waals surface area contributed by atoms with E-state index in [-0.39, 0.29) is 5.91 Å². The molecule has 0 bridgehead atoms. The number of nitrogens with zero attached hydrogens (tertiary/aromatic N) is 1. The van der Waals surface area contributed by atoms with Gasteiger partial charge in [-0.15, -0.1) is 0 Å². The van der Waals surface area contributed by atoms with Gasteiger partial charge in [0.15, 0.2) is 0 Å². The lowest BCUT2D eigenvalue weighted by molar-refractivity contribution is 0.1000. The first-order valence-corrected chi connectivity index (χ1v) is 6.01. The monoisotopic (exact) mass is 233 g/mol. The number of benzene rings is 1. The minimum absolute atomic E-state index is 0.359. The number of primary amides is 1. The van der Waals surface area contributed by atoms with Crippen molar-refractivity contribution in [3.05, 3.63) is 29.3 Å². The number of amides is 1. The molecule has 1 amide bonds. The van der Waals surface area contributed by atoms with Crippen LogP contribution in [0.5, 0.6) is 0 Å². The maximum atomic E-state index is 11.2. The fraction of sp³-hybridized carbons (Fsp3) is 0.462. The van der Waals surface area contributed by atoms with Gasteiger partial charge >= 0.3 is 0 Å². The predicted octanol–water partition coefficient (Wildman–Crippen LogP) is 0.892. The Hall–Kier alpha value is -1.55. The Morgan fingerprint density at radius 1 is 1.53 bits per heavy atom. The first-order valence-electron chi connectivity index (χ1n) is 6.01. The van der Waals surface area contributed by atoms with E-state index >= 15 is 0 Å². The van der Waals surface area contributed by atoms with E-state index in [1.165, 1.54) is 5.69 Å². The van der Waals surface area contributed by atoms with E-state index < -0.39 is 0 Å². The second kappa shape index (κ2) is 4.75. The average Bonchev–Trinajstić information content (AvgIpc) is 2.22. The van der Waals surface area contributed by atoms with Crippen molar-refractivity contribution in [3.63, 3.8) is 0 Å². The van der Waals surface area contributed by atoms with Gasteiger partial charge in [0.2, 0.25) is 5.91 Å². The number of hydrogen-bond acceptors (Lipinski definition) is 3. The molecule has 1 saturated heterocycles. The standard InChI is InChI=1S/C13H19N3O/c1-3-16(11-7-15-8-11)10-4-5-12(13(14)17)9(2)6-10/h4-6,11,15H,3,7-8H2,1-2H3,(H2,14,17). The highest BCUT2D eigenvalue weighted by Crippen LogP contribution is 2.22. The SMILES string of the molecule is CCN(c1ccc(C(N)=O)c(C)c1)C1CNC1. The maximum Gasteiger partial charge on any atom is 0.248 e. The van der Waals surface area contributed by atoms with Crippen LogP contribution >= 0.6 is 0 Å². The molecular weight excluding hydrogens is 214 g/mol. The van der Waals surface area contributed by atoms with Gasteiger partial charge in [0.1, 0.15) is 0 Å². The molecule has 0 spiro atoms. The number of anilines is 1. The Bertz CT molecular complexity index is 427. The second-order valence-corrected chi connectivity index (χ2v) is 4.46. The molecule has 1 aromatic carbocycles. The maximum absolute atomic E-state index is 11.2. The molecule has 1 fully saturated rings. The smallest absolute Gasteiger partial charge is 0.248 e. The molecule has 3 N–H and O–H groups in total. The molecule has 0 radical (unpaired) electrons. The van der Waals surface area contributed by atoms with Crippen LogP contribution in [-0.4, -0.2) is 31.6 Å². The molecule has 4 nitrogen and oxygen atoms in total. The summed E-state index contributed by atoms with van der Waals surface area (Å²) >= 11 is 0.